The highest BCUT2D eigenvalue weighted by Gasteiger charge is 2.26. The first-order valence-electron chi connectivity index (χ1n) is 7.95. The van der Waals surface area contributed by atoms with Crippen LogP contribution in [0.1, 0.15) is 80.1 Å². The van der Waals surface area contributed by atoms with E-state index in [0.717, 1.165) is 25.7 Å². The van der Waals surface area contributed by atoms with E-state index < -0.39 is 5.79 Å². The van der Waals surface area contributed by atoms with E-state index in [1.165, 1.54) is 18.9 Å². The summed E-state index contributed by atoms with van der Waals surface area (Å²) in [6, 6.07) is 0. The first-order valence-corrected chi connectivity index (χ1v) is 7.95. The van der Waals surface area contributed by atoms with Gasteiger partial charge in [0.15, 0.2) is 0 Å². The van der Waals surface area contributed by atoms with Crippen LogP contribution in [-0.4, -0.2) is 16.3 Å². The van der Waals surface area contributed by atoms with Gasteiger partial charge in [-0.25, -0.2) is 20.3 Å². The van der Waals surface area contributed by atoms with Gasteiger partial charge < -0.3 is 0 Å². The van der Waals surface area contributed by atoms with Crippen LogP contribution in [0.25, 0.3) is 0 Å². The molecule has 0 heterocycles. The molecule has 4 nitrogen and oxygen atoms in total. The molecule has 4 heteroatoms. The second-order valence-electron chi connectivity index (χ2n) is 7.42. The van der Waals surface area contributed by atoms with Crippen molar-refractivity contribution in [3.05, 3.63) is 11.6 Å². The third-order valence-corrected chi connectivity index (χ3v) is 4.41. The van der Waals surface area contributed by atoms with Crippen LogP contribution in [-0.2, 0) is 9.78 Å². The van der Waals surface area contributed by atoms with Gasteiger partial charge in [0, 0.05) is 6.42 Å². The average molecular weight is 302 g/mol. The molecule has 1 unspecified atom stereocenters. The zero-order valence-electron chi connectivity index (χ0n) is 14.6. The van der Waals surface area contributed by atoms with Crippen molar-refractivity contribution in [2.75, 3.05) is 0 Å². The van der Waals surface area contributed by atoms with Crippen molar-refractivity contribution in [2.45, 2.75) is 85.9 Å². The standard InChI is InChI=1S/C17H34O4/c1-14(11-12-15(2)16(3,4)5)10-8-7-9-13-17(6,20-18)21-19/h10,15,18-19H,7-9,11-13H2,1-6H3/b14-10+. The quantitative estimate of drug-likeness (QED) is 0.180. The van der Waals surface area contributed by atoms with Crippen molar-refractivity contribution in [2.24, 2.45) is 11.3 Å². The van der Waals surface area contributed by atoms with Crippen molar-refractivity contribution < 1.29 is 20.3 Å². The van der Waals surface area contributed by atoms with E-state index in [1.54, 1.807) is 0 Å². The predicted octanol–water partition coefficient (Wildman–Crippen LogP) is 5.65. The molecule has 0 aliphatic rings. The molecule has 21 heavy (non-hydrogen) atoms. The summed E-state index contributed by atoms with van der Waals surface area (Å²) < 4.78 is 0. The van der Waals surface area contributed by atoms with Gasteiger partial charge in [0.05, 0.1) is 0 Å². The van der Waals surface area contributed by atoms with Crippen LogP contribution in [0, 0.1) is 11.3 Å². The summed E-state index contributed by atoms with van der Waals surface area (Å²) in [5.41, 5.74) is 1.81. The lowest BCUT2D eigenvalue weighted by Crippen LogP contribution is -2.29. The number of unbranched alkanes of at least 4 members (excludes halogenated alkanes) is 2. The van der Waals surface area contributed by atoms with Gasteiger partial charge in [-0.3, -0.25) is 0 Å². The SMILES string of the molecule is C/C(=C\CCCCC(C)(OO)OO)CCC(C)C(C)(C)C. The van der Waals surface area contributed by atoms with Crippen LogP contribution < -0.4 is 0 Å². The monoisotopic (exact) mass is 302 g/mol. The number of hydrogen-bond donors (Lipinski definition) is 2. The Kier molecular flexibility index (Phi) is 9.38. The maximum atomic E-state index is 8.62. The minimum Gasteiger partial charge on any atom is -0.249 e. The molecule has 0 bridgehead atoms. The van der Waals surface area contributed by atoms with Crippen molar-refractivity contribution in [1.82, 2.24) is 0 Å². The first-order chi connectivity index (χ1) is 9.64. The van der Waals surface area contributed by atoms with Crippen LogP contribution in [0.15, 0.2) is 11.6 Å². The van der Waals surface area contributed by atoms with Gasteiger partial charge in [-0.05, 0) is 57.3 Å². The highest BCUT2D eigenvalue weighted by Crippen LogP contribution is 2.30. The zero-order chi connectivity index (χ0) is 16.5. The largest absolute Gasteiger partial charge is 0.249 e. The molecule has 0 saturated heterocycles. The summed E-state index contributed by atoms with van der Waals surface area (Å²) in [5.74, 6) is -0.592. The van der Waals surface area contributed by atoms with E-state index in [1.807, 2.05) is 0 Å². The molecule has 0 aliphatic carbocycles. The van der Waals surface area contributed by atoms with E-state index in [9.17, 15) is 0 Å². The van der Waals surface area contributed by atoms with Crippen LogP contribution in [0.4, 0.5) is 0 Å². The maximum absolute atomic E-state index is 8.62. The molecule has 0 aromatic rings. The summed E-state index contributed by atoms with van der Waals surface area (Å²) >= 11 is 0. The Hall–Kier alpha value is -0.420. The molecule has 0 aliphatic heterocycles. The first kappa shape index (κ1) is 20.6. The second kappa shape index (κ2) is 9.57. The third-order valence-electron chi connectivity index (χ3n) is 4.41. The molecule has 1 atom stereocenters. The summed E-state index contributed by atoms with van der Waals surface area (Å²) in [7, 11) is 0. The molecule has 126 valence electrons. The van der Waals surface area contributed by atoms with Gasteiger partial charge in [0.25, 0.3) is 0 Å². The molecule has 0 radical (unpaired) electrons. The molecular weight excluding hydrogens is 268 g/mol. The highest BCUT2D eigenvalue weighted by molar-refractivity contribution is 4.98. The Labute approximate surface area is 130 Å². The van der Waals surface area contributed by atoms with Crippen LogP contribution >= 0.6 is 0 Å². The second-order valence-corrected chi connectivity index (χ2v) is 7.42. The zero-order valence-corrected chi connectivity index (χ0v) is 14.6. The molecule has 0 fully saturated rings. The van der Waals surface area contributed by atoms with E-state index >= 15 is 0 Å². The molecule has 0 rings (SSSR count). The summed E-state index contributed by atoms with van der Waals surface area (Å²) in [5, 5.41) is 17.2. The Bertz CT molecular complexity index is 300. The predicted molar refractivity (Wildman–Crippen MR) is 85.9 cm³/mol. The molecular formula is C17H34O4. The molecule has 0 aromatic carbocycles. The Morgan fingerprint density at radius 2 is 1.67 bits per heavy atom. The lowest BCUT2D eigenvalue weighted by molar-refractivity contribution is -0.482. The normalized spacial score (nSPS) is 15.3. The lowest BCUT2D eigenvalue weighted by atomic mass is 9.79. The average Bonchev–Trinajstić information content (AvgIpc) is 2.42. The van der Waals surface area contributed by atoms with Gasteiger partial charge in [-0.15, -0.1) is 0 Å². The van der Waals surface area contributed by atoms with Gasteiger partial charge in [-0.1, -0.05) is 39.3 Å². The minimum absolute atomic E-state index is 0.374. The van der Waals surface area contributed by atoms with Crippen LogP contribution in [0.2, 0.25) is 0 Å². The topological polar surface area (TPSA) is 58.9 Å². The summed E-state index contributed by atoms with van der Waals surface area (Å²) in [4.78, 5) is 8.25. The fourth-order valence-corrected chi connectivity index (χ4v) is 2.03. The Balaban J connectivity index is 3.89. The van der Waals surface area contributed by atoms with E-state index in [2.05, 4.69) is 50.5 Å². The lowest BCUT2D eigenvalue weighted by Gasteiger charge is -2.27. The minimum atomic E-state index is -1.30. The van der Waals surface area contributed by atoms with Gasteiger partial charge in [0.1, 0.15) is 0 Å². The maximum Gasteiger partial charge on any atom is 0.230 e. The number of allylic oxidation sites excluding steroid dienone is 2. The number of rotatable bonds is 10. The molecule has 0 amide bonds. The van der Waals surface area contributed by atoms with Gasteiger partial charge in [-0.2, -0.15) is 0 Å². The number of hydrogen-bond acceptors (Lipinski definition) is 4. The Morgan fingerprint density at radius 1 is 1.10 bits per heavy atom. The molecule has 0 aromatic heterocycles. The van der Waals surface area contributed by atoms with E-state index in [4.69, 9.17) is 10.5 Å². The van der Waals surface area contributed by atoms with Crippen molar-refractivity contribution in [3.63, 3.8) is 0 Å². The molecule has 2 N–H and O–H groups in total. The summed E-state index contributed by atoms with van der Waals surface area (Å²) in [6.07, 6.45) is 7.91. The third kappa shape index (κ3) is 9.25. The molecule has 0 spiro atoms. The van der Waals surface area contributed by atoms with Gasteiger partial charge in [0.2, 0.25) is 5.79 Å². The van der Waals surface area contributed by atoms with Crippen molar-refractivity contribution >= 4 is 0 Å². The van der Waals surface area contributed by atoms with Crippen molar-refractivity contribution in [3.8, 4) is 0 Å². The Morgan fingerprint density at radius 3 is 2.14 bits per heavy atom. The van der Waals surface area contributed by atoms with Gasteiger partial charge >= 0.3 is 0 Å². The van der Waals surface area contributed by atoms with E-state index in [-0.39, 0.29) is 0 Å². The van der Waals surface area contributed by atoms with Crippen LogP contribution in [0.5, 0.6) is 0 Å². The fraction of sp³-hybridized carbons (Fsp3) is 0.882. The smallest absolute Gasteiger partial charge is 0.230 e. The van der Waals surface area contributed by atoms with Crippen molar-refractivity contribution in [1.29, 1.82) is 0 Å². The highest BCUT2D eigenvalue weighted by atomic mass is 17.2. The molecule has 0 saturated carbocycles. The fourth-order valence-electron chi connectivity index (χ4n) is 2.03. The summed E-state index contributed by atoms with van der Waals surface area (Å²) in [6.45, 7) is 12.9. The van der Waals surface area contributed by atoms with Crippen LogP contribution in [0.3, 0.4) is 0 Å². The van der Waals surface area contributed by atoms with E-state index in [0.29, 0.717) is 17.8 Å².